The van der Waals surface area contributed by atoms with Crippen molar-refractivity contribution in [3.05, 3.63) is 0 Å². The van der Waals surface area contributed by atoms with E-state index in [9.17, 15) is 9.59 Å². The number of carboxylic acids is 1. The van der Waals surface area contributed by atoms with Crippen molar-refractivity contribution >= 4 is 12.0 Å². The number of rotatable bonds is 3. The lowest BCUT2D eigenvalue weighted by Gasteiger charge is -2.39. The number of aliphatic hydroxyl groups is 1. The van der Waals surface area contributed by atoms with E-state index in [4.69, 9.17) is 10.2 Å². The van der Waals surface area contributed by atoms with Gasteiger partial charge in [-0.1, -0.05) is 0 Å². The SMILES string of the molecule is CC1CCCC(C)N1C(=O)N[C@H](CO)C(=O)O. The molecule has 0 aromatic rings. The average Bonchev–Trinajstić information content (AvgIpc) is 2.25. The fourth-order valence-corrected chi connectivity index (χ4v) is 2.23. The van der Waals surface area contributed by atoms with Crippen LogP contribution < -0.4 is 5.32 Å². The summed E-state index contributed by atoms with van der Waals surface area (Å²) in [5, 5.41) is 20.0. The number of carboxylic acid groups (broad SMARTS) is 1. The van der Waals surface area contributed by atoms with Crippen LogP contribution >= 0.6 is 0 Å². The van der Waals surface area contributed by atoms with Crippen molar-refractivity contribution in [1.29, 1.82) is 0 Å². The lowest BCUT2D eigenvalue weighted by Crippen LogP contribution is -2.56. The number of urea groups is 1. The van der Waals surface area contributed by atoms with Crippen LogP contribution in [0.2, 0.25) is 0 Å². The first-order valence-corrected chi connectivity index (χ1v) is 5.89. The quantitative estimate of drug-likeness (QED) is 0.670. The van der Waals surface area contributed by atoms with Crippen molar-refractivity contribution in [3.8, 4) is 0 Å². The van der Waals surface area contributed by atoms with Gasteiger partial charge in [-0.05, 0) is 33.1 Å². The zero-order chi connectivity index (χ0) is 13.0. The van der Waals surface area contributed by atoms with Gasteiger partial charge in [0.05, 0.1) is 6.61 Å². The zero-order valence-electron chi connectivity index (χ0n) is 10.2. The van der Waals surface area contributed by atoms with E-state index in [0.717, 1.165) is 19.3 Å². The van der Waals surface area contributed by atoms with Crippen LogP contribution in [-0.2, 0) is 4.79 Å². The monoisotopic (exact) mass is 244 g/mol. The first kappa shape index (κ1) is 13.8. The summed E-state index contributed by atoms with van der Waals surface area (Å²) in [6.07, 6.45) is 2.93. The molecule has 1 fully saturated rings. The number of likely N-dealkylation sites (tertiary alicyclic amines) is 1. The molecule has 0 radical (unpaired) electrons. The van der Waals surface area contributed by atoms with Gasteiger partial charge in [0.2, 0.25) is 0 Å². The number of carbonyl (C=O) groups is 2. The fourth-order valence-electron chi connectivity index (χ4n) is 2.23. The Bertz CT molecular complexity index is 285. The molecule has 1 aliphatic rings. The molecule has 17 heavy (non-hydrogen) atoms. The van der Waals surface area contributed by atoms with E-state index in [1.165, 1.54) is 0 Å². The molecule has 2 amide bonds. The van der Waals surface area contributed by atoms with Gasteiger partial charge in [0, 0.05) is 12.1 Å². The summed E-state index contributed by atoms with van der Waals surface area (Å²) in [4.78, 5) is 24.3. The molecule has 1 saturated heterocycles. The van der Waals surface area contributed by atoms with E-state index in [0.29, 0.717) is 0 Å². The minimum Gasteiger partial charge on any atom is -0.480 e. The Hall–Kier alpha value is -1.30. The van der Waals surface area contributed by atoms with E-state index in [2.05, 4.69) is 5.32 Å². The maximum atomic E-state index is 11.9. The molecule has 0 bridgehead atoms. The summed E-state index contributed by atoms with van der Waals surface area (Å²) in [6, 6.07) is -1.44. The molecule has 0 aromatic carbocycles. The van der Waals surface area contributed by atoms with E-state index < -0.39 is 24.6 Å². The Morgan fingerprint density at radius 2 is 1.88 bits per heavy atom. The molecule has 1 heterocycles. The lowest BCUT2D eigenvalue weighted by atomic mass is 9.98. The maximum absolute atomic E-state index is 11.9. The van der Waals surface area contributed by atoms with Gasteiger partial charge in [0.25, 0.3) is 0 Å². The Balaban J connectivity index is 2.64. The third kappa shape index (κ3) is 3.33. The molecule has 3 atom stereocenters. The molecule has 0 aliphatic carbocycles. The molecule has 6 nitrogen and oxygen atoms in total. The predicted octanol–water partition coefficient (Wildman–Crippen LogP) is 0.404. The van der Waals surface area contributed by atoms with Gasteiger partial charge >= 0.3 is 12.0 Å². The number of hydrogen-bond acceptors (Lipinski definition) is 3. The molecular weight excluding hydrogens is 224 g/mol. The summed E-state index contributed by atoms with van der Waals surface area (Å²) in [7, 11) is 0. The number of piperidine rings is 1. The summed E-state index contributed by atoms with van der Waals surface area (Å²) in [5.74, 6) is -1.22. The molecule has 0 aromatic heterocycles. The smallest absolute Gasteiger partial charge is 0.328 e. The van der Waals surface area contributed by atoms with Crippen LogP contribution in [0, 0.1) is 0 Å². The predicted molar refractivity (Wildman–Crippen MR) is 61.7 cm³/mol. The van der Waals surface area contributed by atoms with Crippen LogP contribution in [0.5, 0.6) is 0 Å². The number of aliphatic carboxylic acids is 1. The fraction of sp³-hybridized carbons (Fsp3) is 0.818. The minimum absolute atomic E-state index is 0.104. The van der Waals surface area contributed by atoms with E-state index in [1.807, 2.05) is 13.8 Å². The van der Waals surface area contributed by atoms with Gasteiger partial charge < -0.3 is 20.4 Å². The van der Waals surface area contributed by atoms with Gasteiger partial charge in [-0.15, -0.1) is 0 Å². The van der Waals surface area contributed by atoms with E-state index in [1.54, 1.807) is 4.90 Å². The van der Waals surface area contributed by atoms with Crippen LogP contribution in [0.4, 0.5) is 4.79 Å². The lowest BCUT2D eigenvalue weighted by molar-refractivity contribution is -0.140. The summed E-state index contributed by atoms with van der Waals surface area (Å²) >= 11 is 0. The molecule has 3 N–H and O–H groups in total. The van der Waals surface area contributed by atoms with Crippen LogP contribution in [0.1, 0.15) is 33.1 Å². The molecule has 6 heteroatoms. The average molecular weight is 244 g/mol. The number of nitrogens with one attached hydrogen (secondary N) is 1. The number of amides is 2. The van der Waals surface area contributed by atoms with Crippen LogP contribution in [0.3, 0.4) is 0 Å². The van der Waals surface area contributed by atoms with Gasteiger partial charge in [0.15, 0.2) is 6.04 Å². The second kappa shape index (κ2) is 5.86. The normalized spacial score (nSPS) is 26.4. The highest BCUT2D eigenvalue weighted by atomic mass is 16.4. The minimum atomic E-state index is -1.23. The van der Waals surface area contributed by atoms with Gasteiger partial charge in [-0.2, -0.15) is 0 Å². The van der Waals surface area contributed by atoms with E-state index in [-0.39, 0.29) is 12.1 Å². The highest BCUT2D eigenvalue weighted by Gasteiger charge is 2.31. The van der Waals surface area contributed by atoms with Crippen LogP contribution in [-0.4, -0.2) is 51.8 Å². The number of nitrogens with zero attached hydrogens (tertiary/aromatic N) is 1. The van der Waals surface area contributed by atoms with Crippen molar-refractivity contribution in [1.82, 2.24) is 10.2 Å². The largest absolute Gasteiger partial charge is 0.480 e. The summed E-state index contributed by atoms with van der Waals surface area (Å²) in [5.41, 5.74) is 0. The number of hydrogen-bond donors (Lipinski definition) is 3. The van der Waals surface area contributed by atoms with Crippen molar-refractivity contribution in [2.75, 3.05) is 6.61 Å². The Kier molecular flexibility index (Phi) is 4.74. The molecule has 2 unspecified atom stereocenters. The Morgan fingerprint density at radius 3 is 2.29 bits per heavy atom. The Morgan fingerprint density at radius 1 is 1.35 bits per heavy atom. The molecule has 0 saturated carbocycles. The number of carbonyl (C=O) groups excluding carboxylic acids is 1. The number of aliphatic hydroxyl groups excluding tert-OH is 1. The maximum Gasteiger partial charge on any atom is 0.328 e. The molecule has 1 rings (SSSR count). The second-order valence-corrected chi connectivity index (χ2v) is 4.56. The van der Waals surface area contributed by atoms with Crippen molar-refractivity contribution < 1.29 is 19.8 Å². The van der Waals surface area contributed by atoms with Gasteiger partial charge in [-0.3, -0.25) is 0 Å². The third-order valence-electron chi connectivity index (χ3n) is 3.21. The molecule has 0 spiro atoms. The van der Waals surface area contributed by atoms with Crippen LogP contribution in [0.15, 0.2) is 0 Å². The second-order valence-electron chi connectivity index (χ2n) is 4.56. The zero-order valence-corrected chi connectivity index (χ0v) is 10.2. The highest BCUT2D eigenvalue weighted by Crippen LogP contribution is 2.22. The highest BCUT2D eigenvalue weighted by molar-refractivity contribution is 5.83. The van der Waals surface area contributed by atoms with E-state index >= 15 is 0 Å². The summed E-state index contributed by atoms with van der Waals surface area (Å²) < 4.78 is 0. The van der Waals surface area contributed by atoms with Crippen molar-refractivity contribution in [3.63, 3.8) is 0 Å². The third-order valence-corrected chi connectivity index (χ3v) is 3.21. The first-order chi connectivity index (χ1) is 7.97. The molecule has 98 valence electrons. The molecular formula is C11H20N2O4. The Labute approximate surface area is 101 Å². The summed E-state index contributed by atoms with van der Waals surface area (Å²) in [6.45, 7) is 3.30. The molecule has 1 aliphatic heterocycles. The van der Waals surface area contributed by atoms with Crippen LogP contribution in [0.25, 0.3) is 0 Å². The van der Waals surface area contributed by atoms with Crippen molar-refractivity contribution in [2.45, 2.75) is 51.2 Å². The standard InChI is InChI=1S/C11H20N2O4/c1-7-4-3-5-8(2)13(7)11(17)12-9(6-14)10(15)16/h7-9,14H,3-6H2,1-2H3,(H,12,17)(H,15,16)/t7?,8?,9-/m1/s1. The van der Waals surface area contributed by atoms with Crippen molar-refractivity contribution in [2.24, 2.45) is 0 Å². The topological polar surface area (TPSA) is 89.9 Å². The van der Waals surface area contributed by atoms with Gasteiger partial charge in [0.1, 0.15) is 0 Å². The van der Waals surface area contributed by atoms with Gasteiger partial charge in [-0.25, -0.2) is 9.59 Å². The first-order valence-electron chi connectivity index (χ1n) is 5.89.